The number of aromatic nitrogens is 2. The third-order valence-electron chi connectivity index (χ3n) is 1.08. The highest BCUT2D eigenvalue weighted by Crippen LogP contribution is 2.01. The summed E-state index contributed by atoms with van der Waals surface area (Å²) in [5, 5.41) is 0. The molecule has 54 valence electrons. The lowest BCUT2D eigenvalue weighted by Crippen LogP contribution is -2.04. The number of nitrogens with two attached hydrogens (primary N) is 1. The average Bonchev–Trinajstić information content (AvgIpc) is 1.88. The Hall–Kier alpha value is -0.480. The Balaban J connectivity index is 2.75. The minimum absolute atomic E-state index is 0.624. The molecule has 0 unspecified atom stereocenters. The topological polar surface area (TPSA) is 51.8 Å². The molecule has 0 amide bonds. The second-order valence-corrected chi connectivity index (χ2v) is 2.56. The summed E-state index contributed by atoms with van der Waals surface area (Å²) in [6.07, 6.45) is 2.52. The first kappa shape index (κ1) is 7.63. The van der Waals surface area contributed by atoms with Crippen LogP contribution in [0.1, 0.15) is 5.69 Å². The summed E-state index contributed by atoms with van der Waals surface area (Å²) < 4.78 is 0.624. The predicted octanol–water partition coefficient (Wildman–Crippen LogP) is 0.740. The summed E-state index contributed by atoms with van der Waals surface area (Å²) >= 11 is 3.17. The fraction of sp³-hybridized carbons (Fsp3) is 0.333. The van der Waals surface area contributed by atoms with Gasteiger partial charge in [0.1, 0.15) is 0 Å². The molecule has 0 aliphatic rings. The van der Waals surface area contributed by atoms with Gasteiger partial charge in [-0.25, -0.2) is 9.97 Å². The Morgan fingerprint density at radius 3 is 3.00 bits per heavy atom. The molecule has 3 nitrogen and oxygen atoms in total. The molecule has 0 aliphatic carbocycles. The molecule has 0 radical (unpaired) electrons. The Kier molecular flexibility index (Phi) is 2.77. The van der Waals surface area contributed by atoms with Crippen molar-refractivity contribution in [3.8, 4) is 0 Å². The third-order valence-corrected chi connectivity index (χ3v) is 1.47. The highest BCUT2D eigenvalue weighted by molar-refractivity contribution is 9.10. The first-order valence-corrected chi connectivity index (χ1v) is 3.79. The van der Waals surface area contributed by atoms with Crippen molar-refractivity contribution >= 4 is 15.9 Å². The van der Waals surface area contributed by atoms with Crippen LogP contribution in [0.15, 0.2) is 17.0 Å². The van der Waals surface area contributed by atoms with Crippen LogP contribution in [-0.2, 0) is 6.42 Å². The molecule has 1 aromatic heterocycles. The van der Waals surface area contributed by atoms with Gasteiger partial charge in [-0.15, -0.1) is 0 Å². The highest BCUT2D eigenvalue weighted by Gasteiger charge is 1.92. The summed E-state index contributed by atoms with van der Waals surface area (Å²) in [6.45, 7) is 0.628. The van der Waals surface area contributed by atoms with Gasteiger partial charge < -0.3 is 5.73 Å². The molecule has 0 spiro atoms. The molecule has 4 heteroatoms. The predicted molar refractivity (Wildman–Crippen MR) is 42.5 cm³/mol. The zero-order valence-corrected chi connectivity index (χ0v) is 7.00. The first-order chi connectivity index (χ1) is 4.83. The molecule has 1 heterocycles. The third kappa shape index (κ3) is 2.04. The average molecular weight is 202 g/mol. The smallest absolute Gasteiger partial charge is 0.196 e. The van der Waals surface area contributed by atoms with Crippen LogP contribution >= 0.6 is 15.9 Å². The lowest BCUT2D eigenvalue weighted by Gasteiger charge is -1.95. The van der Waals surface area contributed by atoms with Crippen LogP contribution in [0.4, 0.5) is 0 Å². The monoisotopic (exact) mass is 201 g/mol. The van der Waals surface area contributed by atoms with Crippen LogP contribution in [0, 0.1) is 0 Å². The van der Waals surface area contributed by atoms with Gasteiger partial charge in [0.25, 0.3) is 0 Å². The fourth-order valence-corrected chi connectivity index (χ4v) is 1.00. The molecule has 1 aromatic rings. The van der Waals surface area contributed by atoms with E-state index in [0.29, 0.717) is 11.3 Å². The molecule has 0 saturated heterocycles. The maximum atomic E-state index is 5.33. The SMILES string of the molecule is NCCc1ccnc(Br)n1. The molecule has 1 rings (SSSR count). The molecular formula is C6H8BrN3. The zero-order chi connectivity index (χ0) is 7.40. The Labute approximate surface area is 67.8 Å². The largest absolute Gasteiger partial charge is 0.330 e. The molecule has 0 fully saturated rings. The minimum Gasteiger partial charge on any atom is -0.330 e. The normalized spacial score (nSPS) is 9.80. The van der Waals surface area contributed by atoms with E-state index >= 15 is 0 Å². The zero-order valence-electron chi connectivity index (χ0n) is 5.42. The molecule has 2 N–H and O–H groups in total. The second-order valence-electron chi connectivity index (χ2n) is 1.86. The quantitative estimate of drug-likeness (QED) is 0.719. The Bertz CT molecular complexity index is 214. The number of nitrogens with zero attached hydrogens (tertiary/aromatic N) is 2. The molecule has 0 aliphatic heterocycles. The van der Waals surface area contributed by atoms with Gasteiger partial charge in [-0.2, -0.15) is 0 Å². The minimum atomic E-state index is 0.624. The van der Waals surface area contributed by atoms with Gasteiger partial charge in [0.05, 0.1) is 0 Å². The van der Waals surface area contributed by atoms with Gasteiger partial charge in [0.15, 0.2) is 4.73 Å². The standard InChI is InChI=1S/C6H8BrN3/c7-6-9-4-2-5(10-6)1-3-8/h2,4H,1,3,8H2. The van der Waals surface area contributed by atoms with E-state index in [1.54, 1.807) is 6.20 Å². The van der Waals surface area contributed by atoms with Gasteiger partial charge in [-0.05, 0) is 28.5 Å². The van der Waals surface area contributed by atoms with E-state index in [9.17, 15) is 0 Å². The molecule has 0 atom stereocenters. The summed E-state index contributed by atoms with van der Waals surface area (Å²) in [5.41, 5.74) is 6.31. The Morgan fingerprint density at radius 2 is 2.40 bits per heavy atom. The number of halogens is 1. The van der Waals surface area contributed by atoms with E-state index in [-0.39, 0.29) is 0 Å². The van der Waals surface area contributed by atoms with E-state index in [4.69, 9.17) is 5.73 Å². The van der Waals surface area contributed by atoms with Crippen LogP contribution in [0.25, 0.3) is 0 Å². The van der Waals surface area contributed by atoms with Crippen molar-refractivity contribution in [2.24, 2.45) is 5.73 Å². The molecule has 0 aromatic carbocycles. The number of hydrogen-bond acceptors (Lipinski definition) is 3. The van der Waals surface area contributed by atoms with E-state index in [0.717, 1.165) is 12.1 Å². The van der Waals surface area contributed by atoms with E-state index < -0.39 is 0 Å². The van der Waals surface area contributed by atoms with E-state index in [1.165, 1.54) is 0 Å². The maximum absolute atomic E-state index is 5.33. The summed E-state index contributed by atoms with van der Waals surface area (Å²) in [7, 11) is 0. The maximum Gasteiger partial charge on any atom is 0.196 e. The molecular weight excluding hydrogens is 194 g/mol. The van der Waals surface area contributed by atoms with Crippen molar-refractivity contribution < 1.29 is 0 Å². The van der Waals surface area contributed by atoms with Gasteiger partial charge in [0.2, 0.25) is 0 Å². The Morgan fingerprint density at radius 1 is 1.60 bits per heavy atom. The second kappa shape index (κ2) is 3.63. The van der Waals surface area contributed by atoms with Crippen LogP contribution in [0.5, 0.6) is 0 Å². The van der Waals surface area contributed by atoms with Gasteiger partial charge in [-0.3, -0.25) is 0 Å². The summed E-state index contributed by atoms with van der Waals surface area (Å²) in [5.74, 6) is 0. The van der Waals surface area contributed by atoms with Crippen LogP contribution in [0.2, 0.25) is 0 Å². The van der Waals surface area contributed by atoms with Crippen molar-refractivity contribution in [2.75, 3.05) is 6.54 Å². The number of rotatable bonds is 2. The fourth-order valence-electron chi connectivity index (χ4n) is 0.657. The summed E-state index contributed by atoms with van der Waals surface area (Å²) in [4.78, 5) is 7.98. The van der Waals surface area contributed by atoms with E-state index in [1.807, 2.05) is 6.07 Å². The van der Waals surface area contributed by atoms with Crippen molar-refractivity contribution in [2.45, 2.75) is 6.42 Å². The van der Waals surface area contributed by atoms with Crippen molar-refractivity contribution in [3.63, 3.8) is 0 Å². The van der Waals surface area contributed by atoms with E-state index in [2.05, 4.69) is 25.9 Å². The first-order valence-electron chi connectivity index (χ1n) is 3.00. The molecule has 10 heavy (non-hydrogen) atoms. The van der Waals surface area contributed by atoms with Gasteiger partial charge in [0, 0.05) is 18.3 Å². The van der Waals surface area contributed by atoms with Gasteiger partial charge >= 0.3 is 0 Å². The van der Waals surface area contributed by atoms with Crippen molar-refractivity contribution in [1.82, 2.24) is 9.97 Å². The van der Waals surface area contributed by atoms with Crippen molar-refractivity contribution in [3.05, 3.63) is 22.7 Å². The lowest BCUT2D eigenvalue weighted by atomic mass is 10.3. The molecule has 0 saturated carbocycles. The van der Waals surface area contributed by atoms with Crippen LogP contribution in [-0.4, -0.2) is 16.5 Å². The lowest BCUT2D eigenvalue weighted by molar-refractivity contribution is 0.898. The van der Waals surface area contributed by atoms with Crippen LogP contribution < -0.4 is 5.73 Å². The summed E-state index contributed by atoms with van der Waals surface area (Å²) in [6, 6.07) is 1.86. The van der Waals surface area contributed by atoms with Gasteiger partial charge in [-0.1, -0.05) is 0 Å². The van der Waals surface area contributed by atoms with Crippen LogP contribution in [0.3, 0.4) is 0 Å². The van der Waals surface area contributed by atoms with Crippen molar-refractivity contribution in [1.29, 1.82) is 0 Å². The molecule has 0 bridgehead atoms. The number of hydrogen-bond donors (Lipinski definition) is 1. The highest BCUT2D eigenvalue weighted by atomic mass is 79.9.